The number of hydrogen-bond acceptors (Lipinski definition) is 6. The summed E-state index contributed by atoms with van der Waals surface area (Å²) in [6.45, 7) is 9.24. The molecule has 9 heteroatoms. The van der Waals surface area contributed by atoms with Crippen molar-refractivity contribution in [3.05, 3.63) is 110 Å². The molecule has 4 aromatic rings. The second-order valence-corrected chi connectivity index (χ2v) is 13.5. The zero-order valence-corrected chi connectivity index (χ0v) is 27.6. The van der Waals surface area contributed by atoms with E-state index in [0.29, 0.717) is 17.7 Å². The van der Waals surface area contributed by atoms with Gasteiger partial charge in [-0.15, -0.1) is 11.3 Å². The molecule has 2 N–H and O–H groups in total. The zero-order valence-electron chi connectivity index (χ0n) is 26.8. The van der Waals surface area contributed by atoms with Crippen LogP contribution in [-0.4, -0.2) is 54.5 Å². The molecule has 0 unspecified atom stereocenters. The van der Waals surface area contributed by atoms with Crippen LogP contribution in [0, 0.1) is 6.92 Å². The molecule has 2 aromatic heterocycles. The quantitative estimate of drug-likeness (QED) is 0.231. The van der Waals surface area contributed by atoms with Crippen molar-refractivity contribution in [2.24, 2.45) is 7.05 Å². The molecule has 238 valence electrons. The number of rotatable bonds is 8. The SMILES string of the molecule is C=CC(=O)Nc1cc(Cc2cc(-c3cccc(NC(=O)c4cc5c(s4)CCCC5)c3C)cn(C)c2=O)ccc1N1CCN(C)CC1. The number of benzene rings is 2. The number of hydrogen-bond donors (Lipinski definition) is 2. The highest BCUT2D eigenvalue weighted by Crippen LogP contribution is 2.33. The summed E-state index contributed by atoms with van der Waals surface area (Å²) in [7, 11) is 3.88. The minimum atomic E-state index is -0.272. The molecule has 1 aliphatic heterocycles. The maximum absolute atomic E-state index is 13.4. The van der Waals surface area contributed by atoms with Crippen LogP contribution in [0.1, 0.15) is 49.6 Å². The first kappa shape index (κ1) is 31.5. The van der Waals surface area contributed by atoms with E-state index in [1.165, 1.54) is 29.4 Å². The van der Waals surface area contributed by atoms with Gasteiger partial charge in [0.2, 0.25) is 5.91 Å². The molecule has 2 aromatic carbocycles. The average molecular weight is 636 g/mol. The van der Waals surface area contributed by atoms with Crippen LogP contribution in [0.5, 0.6) is 0 Å². The van der Waals surface area contributed by atoms with Gasteiger partial charge in [-0.25, -0.2) is 0 Å². The van der Waals surface area contributed by atoms with E-state index in [-0.39, 0.29) is 17.4 Å². The predicted octanol–water partition coefficient (Wildman–Crippen LogP) is 6.02. The molecule has 1 saturated heterocycles. The summed E-state index contributed by atoms with van der Waals surface area (Å²) in [6, 6.07) is 15.9. The standard InChI is InChI=1S/C37H41N5O3S/c1-5-35(43)38-31-20-25(13-14-32(31)42-17-15-40(3)16-18-42)19-27-21-28(23-41(4)37(27)45)29-10-8-11-30(24(29)2)39-36(44)34-22-26-9-6-7-12-33(26)46-34/h5,8,10-11,13-14,20-23H,1,6-7,9,12,15-19H2,2-4H3,(H,38,43)(H,39,44). The van der Waals surface area contributed by atoms with Gasteiger partial charge in [-0.3, -0.25) is 14.4 Å². The van der Waals surface area contributed by atoms with Gasteiger partial charge in [0.05, 0.1) is 16.3 Å². The third-order valence-corrected chi connectivity index (χ3v) is 10.3. The highest BCUT2D eigenvalue weighted by molar-refractivity contribution is 7.14. The van der Waals surface area contributed by atoms with E-state index < -0.39 is 0 Å². The Labute approximate surface area is 274 Å². The Hall–Kier alpha value is -4.47. The Morgan fingerprint density at radius 3 is 2.50 bits per heavy atom. The van der Waals surface area contributed by atoms with Gasteiger partial charge >= 0.3 is 0 Å². The van der Waals surface area contributed by atoms with Crippen molar-refractivity contribution in [2.45, 2.75) is 39.0 Å². The number of nitrogens with zero attached hydrogens (tertiary/aromatic N) is 3. The molecule has 3 heterocycles. The largest absolute Gasteiger partial charge is 0.367 e. The molecule has 0 spiro atoms. The van der Waals surface area contributed by atoms with Crippen LogP contribution < -0.4 is 21.1 Å². The molecule has 0 bridgehead atoms. The third-order valence-electron chi connectivity index (χ3n) is 9.11. The van der Waals surface area contributed by atoms with E-state index in [4.69, 9.17) is 0 Å². The molecule has 6 rings (SSSR count). The lowest BCUT2D eigenvalue weighted by atomic mass is 9.97. The van der Waals surface area contributed by atoms with E-state index in [1.807, 2.05) is 55.6 Å². The number of thiophene rings is 1. The topological polar surface area (TPSA) is 86.7 Å². The summed E-state index contributed by atoms with van der Waals surface area (Å²) in [5, 5.41) is 6.13. The lowest BCUT2D eigenvalue weighted by molar-refractivity contribution is -0.111. The van der Waals surface area contributed by atoms with Crippen LogP contribution in [0.2, 0.25) is 0 Å². The number of likely N-dealkylation sites (N-methyl/N-ethyl adjacent to an activating group) is 1. The molecule has 46 heavy (non-hydrogen) atoms. The van der Waals surface area contributed by atoms with E-state index in [1.54, 1.807) is 23.0 Å². The number of nitrogens with one attached hydrogen (secondary N) is 2. The van der Waals surface area contributed by atoms with Gasteiger partial charge in [-0.05, 0) is 104 Å². The second-order valence-electron chi connectivity index (χ2n) is 12.4. The molecular weight excluding hydrogens is 595 g/mol. The fraction of sp³-hybridized carbons (Fsp3) is 0.324. The number of amides is 2. The summed E-state index contributed by atoms with van der Waals surface area (Å²) in [4.78, 5) is 45.6. The lowest BCUT2D eigenvalue weighted by Gasteiger charge is -2.35. The smallest absolute Gasteiger partial charge is 0.265 e. The number of piperazine rings is 1. The first-order chi connectivity index (χ1) is 22.2. The number of fused-ring (bicyclic) bond motifs is 1. The van der Waals surface area contributed by atoms with Gasteiger partial charge < -0.3 is 25.0 Å². The highest BCUT2D eigenvalue weighted by atomic mass is 32.1. The number of anilines is 3. The van der Waals surface area contributed by atoms with Crippen LogP contribution in [0.15, 0.2) is 72.2 Å². The Kier molecular flexibility index (Phi) is 9.24. The second kappa shape index (κ2) is 13.5. The van der Waals surface area contributed by atoms with Crippen molar-refractivity contribution in [2.75, 3.05) is 48.8 Å². The van der Waals surface area contributed by atoms with Crippen LogP contribution in [-0.2, 0) is 31.1 Å². The molecule has 0 saturated carbocycles. The highest BCUT2D eigenvalue weighted by Gasteiger charge is 2.21. The molecule has 8 nitrogen and oxygen atoms in total. The minimum Gasteiger partial charge on any atom is -0.367 e. The molecule has 0 atom stereocenters. The van der Waals surface area contributed by atoms with Crippen molar-refractivity contribution >= 4 is 40.2 Å². The van der Waals surface area contributed by atoms with Crippen LogP contribution >= 0.6 is 11.3 Å². The van der Waals surface area contributed by atoms with Crippen LogP contribution in [0.3, 0.4) is 0 Å². The van der Waals surface area contributed by atoms with Crippen LogP contribution in [0.25, 0.3) is 11.1 Å². The lowest BCUT2D eigenvalue weighted by Crippen LogP contribution is -2.44. The Bertz CT molecular complexity index is 1840. The van der Waals surface area contributed by atoms with E-state index in [9.17, 15) is 14.4 Å². The van der Waals surface area contributed by atoms with Crippen molar-refractivity contribution in [1.82, 2.24) is 9.47 Å². The number of carbonyl (C=O) groups is 2. The van der Waals surface area contributed by atoms with Gasteiger partial charge in [0.1, 0.15) is 0 Å². The van der Waals surface area contributed by atoms with Gasteiger partial charge in [0, 0.05) is 62.0 Å². The summed E-state index contributed by atoms with van der Waals surface area (Å²) in [6.07, 6.45) is 8.00. The molecular formula is C37H41N5O3S. The summed E-state index contributed by atoms with van der Waals surface area (Å²) in [5.41, 5.74) is 8.02. The first-order valence-electron chi connectivity index (χ1n) is 15.9. The van der Waals surface area contributed by atoms with Crippen molar-refractivity contribution in [3.8, 4) is 11.1 Å². The average Bonchev–Trinajstić information content (AvgIpc) is 3.49. The number of pyridine rings is 1. The maximum atomic E-state index is 13.4. The van der Waals surface area contributed by atoms with Gasteiger partial charge in [0.15, 0.2) is 0 Å². The first-order valence-corrected chi connectivity index (χ1v) is 16.7. The molecule has 2 amide bonds. The monoisotopic (exact) mass is 635 g/mol. The van der Waals surface area contributed by atoms with E-state index in [2.05, 4.69) is 40.1 Å². The normalized spacial score (nSPS) is 14.9. The van der Waals surface area contributed by atoms with Crippen molar-refractivity contribution in [3.63, 3.8) is 0 Å². The third kappa shape index (κ3) is 6.71. The fourth-order valence-electron chi connectivity index (χ4n) is 6.44. The fourth-order valence-corrected chi connectivity index (χ4v) is 7.59. The summed E-state index contributed by atoms with van der Waals surface area (Å²) < 4.78 is 1.62. The van der Waals surface area contributed by atoms with E-state index >= 15 is 0 Å². The summed E-state index contributed by atoms with van der Waals surface area (Å²) in [5.74, 6) is -0.355. The molecule has 1 fully saturated rings. The van der Waals surface area contributed by atoms with Gasteiger partial charge in [-0.2, -0.15) is 0 Å². The predicted molar refractivity (Wildman–Crippen MR) is 189 cm³/mol. The molecule has 1 aliphatic carbocycles. The summed E-state index contributed by atoms with van der Waals surface area (Å²) >= 11 is 1.61. The maximum Gasteiger partial charge on any atom is 0.265 e. The zero-order chi connectivity index (χ0) is 32.4. The van der Waals surface area contributed by atoms with Gasteiger partial charge in [0.25, 0.3) is 11.5 Å². The van der Waals surface area contributed by atoms with E-state index in [0.717, 1.165) is 77.5 Å². The number of carbonyl (C=O) groups excluding carboxylic acids is 2. The van der Waals surface area contributed by atoms with Gasteiger partial charge in [-0.1, -0.05) is 24.8 Å². The molecule has 0 radical (unpaired) electrons. The van der Waals surface area contributed by atoms with Crippen molar-refractivity contribution < 1.29 is 9.59 Å². The minimum absolute atomic E-state index is 0.0765. The Morgan fingerprint density at radius 2 is 1.74 bits per heavy atom. The van der Waals surface area contributed by atoms with Crippen molar-refractivity contribution in [1.29, 1.82) is 0 Å². The number of aryl methyl sites for hydroxylation is 3. The number of aromatic nitrogens is 1. The Balaban J connectivity index is 1.27. The van der Waals surface area contributed by atoms with Crippen LogP contribution in [0.4, 0.5) is 17.1 Å². The Morgan fingerprint density at radius 1 is 0.957 bits per heavy atom. The molecule has 2 aliphatic rings.